The summed E-state index contributed by atoms with van der Waals surface area (Å²) < 4.78 is 0. The minimum Gasteiger partial charge on any atom is -0.295 e. The number of aliphatic imine (C=N–C) groups is 1. The monoisotopic (exact) mass is 257 g/mol. The number of likely N-dealkylation sites (N-methyl/N-ethyl adjacent to an activating group) is 1. The number of allylic oxidation sites excluding steroid dienone is 2. The first-order valence-corrected chi connectivity index (χ1v) is 6.50. The summed E-state index contributed by atoms with van der Waals surface area (Å²) >= 11 is 1.56. The Kier molecular flexibility index (Phi) is 7.69. The van der Waals surface area contributed by atoms with E-state index in [4.69, 9.17) is 0 Å². The van der Waals surface area contributed by atoms with Gasteiger partial charge in [0.05, 0.1) is 0 Å². The van der Waals surface area contributed by atoms with Crippen molar-refractivity contribution in [2.45, 2.75) is 6.92 Å². The molecule has 0 amide bonds. The number of hydrazine groups is 3. The summed E-state index contributed by atoms with van der Waals surface area (Å²) in [6.07, 6.45) is 5.89. The molecule has 1 N–H and O–H groups in total. The average Bonchev–Trinajstić information content (AvgIpc) is 2.33. The largest absolute Gasteiger partial charge is 0.295 e. The van der Waals surface area contributed by atoms with Gasteiger partial charge in [0, 0.05) is 33.9 Å². The minimum absolute atomic E-state index is 0.851. The van der Waals surface area contributed by atoms with Crippen LogP contribution in [-0.2, 0) is 0 Å². The van der Waals surface area contributed by atoms with Gasteiger partial charge in [0.1, 0.15) is 0 Å². The van der Waals surface area contributed by atoms with Gasteiger partial charge in [-0.3, -0.25) is 15.4 Å². The maximum Gasteiger partial charge on any atom is 0.171 e. The molecule has 0 saturated heterocycles. The third-order valence-electron chi connectivity index (χ3n) is 2.30. The number of thioether (sulfide) groups is 1. The topological polar surface area (TPSA) is 34.1 Å². The predicted molar refractivity (Wildman–Crippen MR) is 77.3 cm³/mol. The van der Waals surface area contributed by atoms with E-state index in [9.17, 15) is 0 Å². The lowest BCUT2D eigenvalue weighted by atomic mass is 10.4. The van der Waals surface area contributed by atoms with Gasteiger partial charge in [0.2, 0.25) is 0 Å². The minimum atomic E-state index is 0.851. The highest BCUT2D eigenvalue weighted by molar-refractivity contribution is 8.13. The lowest BCUT2D eigenvalue weighted by Gasteiger charge is -2.37. The van der Waals surface area contributed by atoms with Gasteiger partial charge in [-0.1, -0.05) is 24.4 Å². The van der Waals surface area contributed by atoms with Gasteiger partial charge < -0.3 is 0 Å². The molecule has 0 unspecified atom stereocenters. The van der Waals surface area contributed by atoms with E-state index in [-0.39, 0.29) is 0 Å². The van der Waals surface area contributed by atoms with E-state index in [0.29, 0.717) is 0 Å². The zero-order valence-corrected chi connectivity index (χ0v) is 12.4. The molecule has 98 valence electrons. The Bertz CT molecular complexity index is 300. The van der Waals surface area contributed by atoms with Gasteiger partial charge in [-0.25, -0.2) is 0 Å². The van der Waals surface area contributed by atoms with Crippen LogP contribution < -0.4 is 5.43 Å². The Labute approximate surface area is 109 Å². The van der Waals surface area contributed by atoms with E-state index in [1.54, 1.807) is 18.8 Å². The van der Waals surface area contributed by atoms with Crippen LogP contribution in [0, 0.1) is 0 Å². The van der Waals surface area contributed by atoms with Crippen molar-refractivity contribution in [2.24, 2.45) is 4.99 Å². The molecule has 5 nitrogen and oxygen atoms in total. The molecule has 0 bridgehead atoms. The normalized spacial score (nSPS) is 12.6. The van der Waals surface area contributed by atoms with Gasteiger partial charge in [0.25, 0.3) is 0 Å². The van der Waals surface area contributed by atoms with E-state index in [1.165, 1.54) is 0 Å². The Morgan fingerprint density at radius 2 is 1.94 bits per heavy atom. The van der Waals surface area contributed by atoms with Gasteiger partial charge in [-0.2, -0.15) is 0 Å². The third kappa shape index (κ3) is 5.25. The molecule has 0 saturated carbocycles. The number of hydrogen-bond acceptors (Lipinski definition) is 5. The van der Waals surface area contributed by atoms with Crippen LogP contribution >= 0.6 is 11.8 Å². The molecule has 0 heterocycles. The molecule has 0 aromatic carbocycles. The molecule has 0 spiro atoms. The summed E-state index contributed by atoms with van der Waals surface area (Å²) in [6.45, 7) is 5.94. The van der Waals surface area contributed by atoms with Gasteiger partial charge in [-0.05, 0) is 19.3 Å². The second kappa shape index (κ2) is 8.16. The number of amidine groups is 1. The summed E-state index contributed by atoms with van der Waals surface area (Å²) in [5.74, 6) is 0. The van der Waals surface area contributed by atoms with Gasteiger partial charge in [-0.15, -0.1) is 10.2 Å². The summed E-state index contributed by atoms with van der Waals surface area (Å²) in [6, 6.07) is 0. The first-order chi connectivity index (χ1) is 7.97. The van der Waals surface area contributed by atoms with Crippen LogP contribution in [0.3, 0.4) is 0 Å². The van der Waals surface area contributed by atoms with Crippen LogP contribution in [0.15, 0.2) is 29.4 Å². The zero-order chi connectivity index (χ0) is 13.4. The first-order valence-electron chi connectivity index (χ1n) is 5.27. The highest BCUT2D eigenvalue weighted by Gasteiger charge is 2.12. The van der Waals surface area contributed by atoms with Crippen molar-refractivity contribution in [1.82, 2.24) is 20.7 Å². The number of hydrogen-bond donors (Lipinski definition) is 1. The van der Waals surface area contributed by atoms with E-state index in [0.717, 1.165) is 10.9 Å². The van der Waals surface area contributed by atoms with Crippen molar-refractivity contribution in [3.8, 4) is 0 Å². The smallest absolute Gasteiger partial charge is 0.171 e. The van der Waals surface area contributed by atoms with Gasteiger partial charge >= 0.3 is 0 Å². The molecule has 6 heteroatoms. The maximum atomic E-state index is 4.11. The Hall–Kier alpha value is -0.980. The van der Waals surface area contributed by atoms with Crippen molar-refractivity contribution in [3.05, 3.63) is 24.4 Å². The Morgan fingerprint density at radius 1 is 1.35 bits per heavy atom. The van der Waals surface area contributed by atoms with Crippen LogP contribution in [0.5, 0.6) is 0 Å². The molecule has 17 heavy (non-hydrogen) atoms. The fourth-order valence-electron chi connectivity index (χ4n) is 1.09. The zero-order valence-electron chi connectivity index (χ0n) is 11.6. The second-order valence-electron chi connectivity index (χ2n) is 3.37. The number of nitrogens with zero attached hydrogens (tertiary/aromatic N) is 4. The first kappa shape index (κ1) is 16.0. The second-order valence-corrected chi connectivity index (χ2v) is 4.17. The molecule has 0 aromatic rings. The molecule has 0 aliphatic rings. The van der Waals surface area contributed by atoms with Crippen LogP contribution in [0.1, 0.15) is 6.92 Å². The van der Waals surface area contributed by atoms with E-state index in [1.807, 2.05) is 61.7 Å². The summed E-state index contributed by atoms with van der Waals surface area (Å²) in [4.78, 5) is 4.11. The molecule has 0 rings (SSSR count). The molecular formula is C11H23N5S. The third-order valence-corrected chi connectivity index (χ3v) is 2.96. The molecule has 0 atom stereocenters. The number of rotatable bonds is 5. The van der Waals surface area contributed by atoms with Crippen LogP contribution in [0.2, 0.25) is 0 Å². The highest BCUT2D eigenvalue weighted by atomic mass is 32.2. The summed E-state index contributed by atoms with van der Waals surface area (Å²) in [5.41, 5.74) is 4.06. The Morgan fingerprint density at radius 3 is 2.35 bits per heavy atom. The molecule has 0 fully saturated rings. The van der Waals surface area contributed by atoms with Crippen molar-refractivity contribution in [3.63, 3.8) is 0 Å². The van der Waals surface area contributed by atoms with Crippen molar-refractivity contribution in [2.75, 3.05) is 34.4 Å². The quantitative estimate of drug-likeness (QED) is 0.350. The molecular weight excluding hydrogens is 234 g/mol. The summed E-state index contributed by atoms with van der Waals surface area (Å²) in [5, 5.41) is 6.53. The summed E-state index contributed by atoms with van der Waals surface area (Å²) in [7, 11) is 7.56. The van der Waals surface area contributed by atoms with Crippen LogP contribution in [0.25, 0.3) is 0 Å². The van der Waals surface area contributed by atoms with Crippen molar-refractivity contribution < 1.29 is 0 Å². The number of nitrogens with one attached hydrogen (secondary N) is 1. The van der Waals surface area contributed by atoms with E-state index in [2.05, 4.69) is 17.0 Å². The molecule has 0 aliphatic carbocycles. The van der Waals surface area contributed by atoms with E-state index < -0.39 is 0 Å². The fraction of sp³-hybridized carbons (Fsp3) is 0.545. The Balaban J connectivity index is 4.48. The highest BCUT2D eigenvalue weighted by Crippen LogP contribution is 2.05. The lowest BCUT2D eigenvalue weighted by Crippen LogP contribution is -2.53. The maximum absolute atomic E-state index is 4.11. The fourth-order valence-corrected chi connectivity index (χ4v) is 1.49. The standard InChI is InChI=1S/C11H23N5S/c1-8-9-10(2)14(4)16(6)15(5)13-11(12-3)17-7/h8-9H,2H2,1,3-7H3,(H,12,13)/b9-8-. The van der Waals surface area contributed by atoms with Gasteiger partial charge in [0.15, 0.2) is 5.17 Å². The van der Waals surface area contributed by atoms with Crippen LogP contribution in [-0.4, -0.2) is 54.9 Å². The predicted octanol–water partition coefficient (Wildman–Crippen LogP) is 1.55. The molecule has 0 aliphatic heterocycles. The average molecular weight is 257 g/mol. The van der Waals surface area contributed by atoms with Crippen molar-refractivity contribution >= 4 is 16.9 Å². The SMILES string of the molecule is C=C(/C=C\C)N(C)N(C)N(C)NC(=NC)SC. The van der Waals surface area contributed by atoms with E-state index >= 15 is 0 Å². The van der Waals surface area contributed by atoms with Crippen molar-refractivity contribution in [1.29, 1.82) is 0 Å². The lowest BCUT2D eigenvalue weighted by molar-refractivity contribution is -0.134. The molecule has 0 aromatic heterocycles. The molecule has 0 radical (unpaired) electrons. The van der Waals surface area contributed by atoms with Crippen LogP contribution in [0.4, 0.5) is 0 Å².